The number of hydrogen-bond acceptors (Lipinski definition) is 3. The van der Waals surface area contributed by atoms with E-state index in [9.17, 15) is 4.79 Å². The molecule has 0 heterocycles. The van der Waals surface area contributed by atoms with Crippen LogP contribution in [-0.4, -0.2) is 37.0 Å². The maximum Gasteiger partial charge on any atom is 0.251 e. The van der Waals surface area contributed by atoms with E-state index in [1.807, 2.05) is 0 Å². The molecule has 0 unspecified atom stereocenters. The first-order chi connectivity index (χ1) is 10.6. The van der Waals surface area contributed by atoms with Crippen LogP contribution in [0.5, 0.6) is 0 Å². The molecule has 1 aromatic rings. The summed E-state index contributed by atoms with van der Waals surface area (Å²) in [6.45, 7) is 0.679. The Hall–Kier alpha value is -1.86. The number of likely N-dealkylation sites (N-methyl/N-ethyl adjacent to an activating group) is 1. The molecule has 0 saturated heterocycles. The van der Waals surface area contributed by atoms with E-state index in [0.717, 1.165) is 12.8 Å². The monoisotopic (exact) mass is 299 g/mol. The summed E-state index contributed by atoms with van der Waals surface area (Å²) in [5.74, 6) is -0.0602. The van der Waals surface area contributed by atoms with Gasteiger partial charge in [0.2, 0.25) is 0 Å². The number of benzene rings is 1. The lowest BCUT2D eigenvalue weighted by molar-refractivity contribution is 0.0869. The van der Waals surface area contributed by atoms with Gasteiger partial charge in [-0.3, -0.25) is 4.79 Å². The average Bonchev–Trinajstić information content (AvgIpc) is 2.79. The molecule has 4 heteroatoms. The zero-order valence-corrected chi connectivity index (χ0v) is 13.6. The minimum Gasteiger partial charge on any atom is -0.350 e. The summed E-state index contributed by atoms with van der Waals surface area (Å²) in [6, 6.07) is 8.86. The molecular formula is C18H25N3O. The number of nitrogens with zero attached hydrogens (tertiary/aromatic N) is 2. The van der Waals surface area contributed by atoms with Crippen molar-refractivity contribution in [2.45, 2.75) is 44.1 Å². The fourth-order valence-electron chi connectivity index (χ4n) is 3.21. The van der Waals surface area contributed by atoms with E-state index in [4.69, 9.17) is 5.26 Å². The van der Waals surface area contributed by atoms with Gasteiger partial charge in [0.1, 0.15) is 0 Å². The number of rotatable bonds is 4. The molecule has 2 rings (SSSR count). The first-order valence-corrected chi connectivity index (χ1v) is 8.03. The lowest BCUT2D eigenvalue weighted by atomic mass is 9.88. The molecule has 0 atom stereocenters. The fourth-order valence-corrected chi connectivity index (χ4v) is 3.21. The third-order valence-electron chi connectivity index (χ3n) is 4.84. The maximum absolute atomic E-state index is 12.3. The van der Waals surface area contributed by atoms with Crippen molar-refractivity contribution in [1.82, 2.24) is 10.2 Å². The van der Waals surface area contributed by atoms with Crippen LogP contribution in [0.4, 0.5) is 0 Å². The Labute approximate surface area is 133 Å². The van der Waals surface area contributed by atoms with Gasteiger partial charge in [0, 0.05) is 17.6 Å². The Bertz CT molecular complexity index is 534. The van der Waals surface area contributed by atoms with Gasteiger partial charge in [0.15, 0.2) is 0 Å². The number of hydrogen-bond donors (Lipinski definition) is 1. The number of carbonyl (C=O) groups excluding carboxylic acids is 1. The van der Waals surface area contributed by atoms with E-state index >= 15 is 0 Å². The molecule has 1 N–H and O–H groups in total. The number of carbonyl (C=O) groups is 1. The molecule has 0 radical (unpaired) electrons. The highest BCUT2D eigenvalue weighted by molar-refractivity contribution is 5.94. The summed E-state index contributed by atoms with van der Waals surface area (Å²) in [4.78, 5) is 14.6. The van der Waals surface area contributed by atoms with Gasteiger partial charge >= 0.3 is 0 Å². The van der Waals surface area contributed by atoms with Crippen LogP contribution in [0.25, 0.3) is 0 Å². The summed E-state index contributed by atoms with van der Waals surface area (Å²) < 4.78 is 0. The Balaban J connectivity index is 2.02. The van der Waals surface area contributed by atoms with Crippen LogP contribution in [0.2, 0.25) is 0 Å². The molecule has 22 heavy (non-hydrogen) atoms. The van der Waals surface area contributed by atoms with Crippen molar-refractivity contribution in [3.05, 3.63) is 35.4 Å². The third-order valence-corrected chi connectivity index (χ3v) is 4.84. The van der Waals surface area contributed by atoms with Gasteiger partial charge in [-0.2, -0.15) is 5.26 Å². The molecule has 4 nitrogen and oxygen atoms in total. The molecule has 1 fully saturated rings. The summed E-state index contributed by atoms with van der Waals surface area (Å²) in [5.41, 5.74) is 1.25. The number of amides is 1. The lowest BCUT2D eigenvalue weighted by Gasteiger charge is -2.39. The predicted octanol–water partition coefficient (Wildman–Crippen LogP) is 2.94. The van der Waals surface area contributed by atoms with Gasteiger partial charge in [0.05, 0.1) is 11.6 Å². The van der Waals surface area contributed by atoms with E-state index in [2.05, 4.69) is 30.4 Å². The van der Waals surface area contributed by atoms with Crippen LogP contribution in [0.3, 0.4) is 0 Å². The van der Waals surface area contributed by atoms with E-state index in [0.29, 0.717) is 17.7 Å². The lowest BCUT2D eigenvalue weighted by Crippen LogP contribution is -2.52. The first-order valence-electron chi connectivity index (χ1n) is 8.03. The minimum atomic E-state index is -0.0602. The maximum atomic E-state index is 12.3. The molecule has 1 amide bonds. The summed E-state index contributed by atoms with van der Waals surface area (Å²) in [7, 11) is 4.22. The molecule has 0 aromatic heterocycles. The fraction of sp³-hybridized carbons (Fsp3) is 0.556. The molecule has 1 aromatic carbocycles. The Morgan fingerprint density at radius 2 is 1.77 bits per heavy atom. The smallest absolute Gasteiger partial charge is 0.251 e. The SMILES string of the molecule is CN(C)C1(CNC(=O)c2ccc(C#N)cc2)CCCCCC1. The van der Waals surface area contributed by atoms with Crippen LogP contribution < -0.4 is 5.32 Å². The second-order valence-corrected chi connectivity index (χ2v) is 6.40. The van der Waals surface area contributed by atoms with Gasteiger partial charge in [-0.15, -0.1) is 0 Å². The number of nitriles is 1. The summed E-state index contributed by atoms with van der Waals surface area (Å²) in [5, 5.41) is 11.9. The van der Waals surface area contributed by atoms with Crippen LogP contribution >= 0.6 is 0 Å². The van der Waals surface area contributed by atoms with Crippen LogP contribution in [0.1, 0.15) is 54.4 Å². The number of nitrogens with one attached hydrogen (secondary N) is 1. The quantitative estimate of drug-likeness (QED) is 0.870. The van der Waals surface area contributed by atoms with Crippen LogP contribution in [0.15, 0.2) is 24.3 Å². The van der Waals surface area contributed by atoms with Crippen LogP contribution in [-0.2, 0) is 0 Å². The van der Waals surface area contributed by atoms with Crippen molar-refractivity contribution in [2.75, 3.05) is 20.6 Å². The van der Waals surface area contributed by atoms with Crippen molar-refractivity contribution in [2.24, 2.45) is 0 Å². The largest absolute Gasteiger partial charge is 0.350 e. The predicted molar refractivity (Wildman–Crippen MR) is 87.6 cm³/mol. The first kappa shape index (κ1) is 16.5. The average molecular weight is 299 g/mol. The summed E-state index contributed by atoms with van der Waals surface area (Å²) >= 11 is 0. The normalized spacial score (nSPS) is 17.5. The highest BCUT2D eigenvalue weighted by Crippen LogP contribution is 2.30. The second kappa shape index (κ2) is 7.42. The highest BCUT2D eigenvalue weighted by Gasteiger charge is 2.33. The second-order valence-electron chi connectivity index (χ2n) is 6.40. The summed E-state index contributed by atoms with van der Waals surface area (Å²) in [6.07, 6.45) is 7.30. The molecule has 1 aliphatic carbocycles. The van der Waals surface area contributed by atoms with Crippen molar-refractivity contribution in [3.8, 4) is 6.07 Å². The van der Waals surface area contributed by atoms with Crippen molar-refractivity contribution >= 4 is 5.91 Å². The van der Waals surface area contributed by atoms with Gasteiger partial charge in [-0.1, -0.05) is 25.7 Å². The van der Waals surface area contributed by atoms with Gasteiger partial charge in [-0.05, 0) is 51.2 Å². The highest BCUT2D eigenvalue weighted by atomic mass is 16.1. The zero-order chi connectivity index (χ0) is 16.0. The van der Waals surface area contributed by atoms with Gasteiger partial charge < -0.3 is 10.2 Å². The Morgan fingerprint density at radius 3 is 2.27 bits per heavy atom. The van der Waals surface area contributed by atoms with Crippen molar-refractivity contribution in [1.29, 1.82) is 5.26 Å². The van der Waals surface area contributed by atoms with E-state index in [1.165, 1.54) is 25.7 Å². The Kier molecular flexibility index (Phi) is 5.57. The molecular weight excluding hydrogens is 274 g/mol. The third kappa shape index (κ3) is 3.86. The van der Waals surface area contributed by atoms with E-state index in [1.54, 1.807) is 24.3 Å². The molecule has 0 spiro atoms. The topological polar surface area (TPSA) is 56.1 Å². The molecule has 0 aliphatic heterocycles. The zero-order valence-electron chi connectivity index (χ0n) is 13.6. The van der Waals surface area contributed by atoms with Gasteiger partial charge in [-0.25, -0.2) is 0 Å². The van der Waals surface area contributed by atoms with E-state index < -0.39 is 0 Å². The van der Waals surface area contributed by atoms with Crippen LogP contribution in [0, 0.1) is 11.3 Å². The Morgan fingerprint density at radius 1 is 1.18 bits per heavy atom. The van der Waals surface area contributed by atoms with Gasteiger partial charge in [0.25, 0.3) is 5.91 Å². The molecule has 1 aliphatic rings. The molecule has 0 bridgehead atoms. The molecule has 1 saturated carbocycles. The van der Waals surface area contributed by atoms with Crippen molar-refractivity contribution < 1.29 is 4.79 Å². The van der Waals surface area contributed by atoms with Crippen molar-refractivity contribution in [3.63, 3.8) is 0 Å². The molecule has 118 valence electrons. The minimum absolute atomic E-state index is 0.0602. The van der Waals surface area contributed by atoms with E-state index in [-0.39, 0.29) is 11.4 Å². The standard InChI is InChI=1S/C18H25N3O/c1-21(2)18(11-5-3-4-6-12-18)14-20-17(22)16-9-7-15(13-19)8-10-16/h7-10H,3-6,11-12,14H2,1-2H3,(H,20,22).